The van der Waals surface area contributed by atoms with Crippen LogP contribution in [0.15, 0.2) is 23.2 Å². The van der Waals surface area contributed by atoms with Gasteiger partial charge in [0.1, 0.15) is 5.54 Å². The van der Waals surface area contributed by atoms with Crippen molar-refractivity contribution in [2.24, 2.45) is 10.7 Å². The number of amidine groups is 1. The van der Waals surface area contributed by atoms with E-state index < -0.39 is 12.0 Å². The standard InChI is InChI=1S/C13H14ClF2N3O/c14-10-4-3-8(18-7-20)6-9(10)13(12(15)16)5-1-2-11(17)19-13/h3-4,6-7,12H,1-2,5H2,(H2,17,19)(H,18,20)/t13-/m0/s1. The lowest BCUT2D eigenvalue weighted by Gasteiger charge is -2.34. The summed E-state index contributed by atoms with van der Waals surface area (Å²) >= 11 is 6.05. The number of aliphatic imine (C=N–C) groups is 1. The third kappa shape index (κ3) is 2.60. The minimum absolute atomic E-state index is 0.162. The molecule has 108 valence electrons. The second-order valence-electron chi connectivity index (χ2n) is 4.64. The molecule has 3 N–H and O–H groups in total. The molecule has 1 amide bonds. The Labute approximate surface area is 120 Å². The molecule has 1 aromatic carbocycles. The number of alkyl halides is 2. The van der Waals surface area contributed by atoms with E-state index in [0.29, 0.717) is 24.9 Å². The molecular weight excluding hydrogens is 288 g/mol. The normalized spacial score (nSPS) is 22.5. The van der Waals surface area contributed by atoms with Crippen LogP contribution in [-0.4, -0.2) is 18.7 Å². The monoisotopic (exact) mass is 301 g/mol. The molecular formula is C13H14ClF2N3O. The van der Waals surface area contributed by atoms with E-state index in [1.165, 1.54) is 18.2 Å². The molecule has 0 aromatic heterocycles. The molecule has 0 bridgehead atoms. The highest BCUT2D eigenvalue weighted by molar-refractivity contribution is 6.31. The first kappa shape index (κ1) is 14.7. The summed E-state index contributed by atoms with van der Waals surface area (Å²) in [7, 11) is 0. The highest BCUT2D eigenvalue weighted by Crippen LogP contribution is 2.43. The zero-order chi connectivity index (χ0) is 14.8. The fraction of sp³-hybridized carbons (Fsp3) is 0.385. The maximum Gasteiger partial charge on any atom is 0.267 e. The van der Waals surface area contributed by atoms with Gasteiger partial charge in [0.25, 0.3) is 6.43 Å². The SMILES string of the molecule is NC1=N[C@@](c2cc(NC=O)ccc2Cl)(C(F)F)CCC1. The first-order valence-electron chi connectivity index (χ1n) is 6.12. The summed E-state index contributed by atoms with van der Waals surface area (Å²) in [5.74, 6) is 0.196. The number of amides is 1. The van der Waals surface area contributed by atoms with E-state index in [2.05, 4.69) is 10.3 Å². The van der Waals surface area contributed by atoms with Crippen LogP contribution < -0.4 is 11.1 Å². The summed E-state index contributed by atoms with van der Waals surface area (Å²) in [6.45, 7) is 0. The van der Waals surface area contributed by atoms with E-state index in [0.717, 1.165) is 0 Å². The molecule has 1 aromatic rings. The van der Waals surface area contributed by atoms with Crippen molar-refractivity contribution < 1.29 is 13.6 Å². The van der Waals surface area contributed by atoms with Crippen LogP contribution in [0.25, 0.3) is 0 Å². The fourth-order valence-electron chi connectivity index (χ4n) is 2.39. The van der Waals surface area contributed by atoms with Gasteiger partial charge in [-0.25, -0.2) is 8.78 Å². The Morgan fingerprint density at radius 1 is 1.50 bits per heavy atom. The van der Waals surface area contributed by atoms with Crippen LogP contribution in [0.2, 0.25) is 5.02 Å². The van der Waals surface area contributed by atoms with Crippen LogP contribution in [0.3, 0.4) is 0 Å². The summed E-state index contributed by atoms with van der Waals surface area (Å²) in [6, 6.07) is 4.42. The van der Waals surface area contributed by atoms with Crippen LogP contribution in [-0.2, 0) is 10.3 Å². The Kier molecular flexibility index (Phi) is 4.23. The van der Waals surface area contributed by atoms with Gasteiger partial charge in [-0.15, -0.1) is 0 Å². The van der Waals surface area contributed by atoms with Crippen LogP contribution in [0, 0.1) is 0 Å². The van der Waals surface area contributed by atoms with Gasteiger partial charge in [0, 0.05) is 22.7 Å². The third-order valence-electron chi connectivity index (χ3n) is 3.35. The predicted molar refractivity (Wildman–Crippen MR) is 74.3 cm³/mol. The molecule has 0 saturated carbocycles. The van der Waals surface area contributed by atoms with E-state index in [1.807, 2.05) is 0 Å². The number of carbonyl (C=O) groups is 1. The van der Waals surface area contributed by atoms with E-state index in [4.69, 9.17) is 17.3 Å². The Morgan fingerprint density at radius 2 is 2.25 bits per heavy atom. The molecule has 0 saturated heterocycles. The van der Waals surface area contributed by atoms with Crippen molar-refractivity contribution in [2.45, 2.75) is 31.2 Å². The van der Waals surface area contributed by atoms with Gasteiger partial charge in [0.2, 0.25) is 6.41 Å². The molecule has 4 nitrogen and oxygen atoms in total. The first-order valence-corrected chi connectivity index (χ1v) is 6.50. The smallest absolute Gasteiger partial charge is 0.267 e. The van der Waals surface area contributed by atoms with Crippen molar-refractivity contribution >= 4 is 29.5 Å². The van der Waals surface area contributed by atoms with E-state index in [9.17, 15) is 13.6 Å². The topological polar surface area (TPSA) is 67.5 Å². The molecule has 1 aliphatic rings. The van der Waals surface area contributed by atoms with Crippen LogP contribution >= 0.6 is 11.6 Å². The highest BCUT2D eigenvalue weighted by atomic mass is 35.5. The van der Waals surface area contributed by atoms with Crippen LogP contribution in [0.1, 0.15) is 24.8 Å². The summed E-state index contributed by atoms with van der Waals surface area (Å²) in [6.07, 6.45) is -1.08. The molecule has 1 heterocycles. The number of nitrogens with one attached hydrogen (secondary N) is 1. The van der Waals surface area contributed by atoms with Gasteiger partial charge in [0.05, 0.1) is 5.84 Å². The highest BCUT2D eigenvalue weighted by Gasteiger charge is 2.44. The van der Waals surface area contributed by atoms with Crippen molar-refractivity contribution in [3.63, 3.8) is 0 Å². The van der Waals surface area contributed by atoms with Gasteiger partial charge in [-0.05, 0) is 31.0 Å². The number of hydrogen-bond acceptors (Lipinski definition) is 3. The molecule has 0 radical (unpaired) electrons. The number of anilines is 1. The molecule has 0 spiro atoms. The number of carbonyl (C=O) groups excluding carboxylic acids is 1. The van der Waals surface area contributed by atoms with Crippen LogP contribution in [0.4, 0.5) is 14.5 Å². The Morgan fingerprint density at radius 3 is 2.85 bits per heavy atom. The average Bonchev–Trinajstić information content (AvgIpc) is 2.41. The van der Waals surface area contributed by atoms with Crippen LogP contribution in [0.5, 0.6) is 0 Å². The average molecular weight is 302 g/mol. The van der Waals surface area contributed by atoms with Crippen molar-refractivity contribution in [3.05, 3.63) is 28.8 Å². The van der Waals surface area contributed by atoms with Gasteiger partial charge < -0.3 is 11.1 Å². The van der Waals surface area contributed by atoms with Gasteiger partial charge in [-0.1, -0.05) is 11.6 Å². The van der Waals surface area contributed by atoms with Crippen molar-refractivity contribution in [1.82, 2.24) is 0 Å². The zero-order valence-electron chi connectivity index (χ0n) is 10.6. The number of hydrogen-bond donors (Lipinski definition) is 2. The Balaban J connectivity index is 2.57. The predicted octanol–water partition coefficient (Wildman–Crippen LogP) is 2.91. The minimum atomic E-state index is -2.73. The third-order valence-corrected chi connectivity index (χ3v) is 3.68. The molecule has 0 unspecified atom stereocenters. The first-order chi connectivity index (χ1) is 9.49. The number of rotatable bonds is 4. The lowest BCUT2D eigenvalue weighted by atomic mass is 9.83. The van der Waals surface area contributed by atoms with Crippen molar-refractivity contribution in [2.75, 3.05) is 5.32 Å². The van der Waals surface area contributed by atoms with Gasteiger partial charge in [-0.3, -0.25) is 9.79 Å². The summed E-state index contributed by atoms with van der Waals surface area (Å²) < 4.78 is 27.2. The molecule has 1 aliphatic heterocycles. The molecule has 1 atom stereocenters. The van der Waals surface area contributed by atoms with Gasteiger partial charge in [-0.2, -0.15) is 0 Å². The Hall–Kier alpha value is -1.69. The fourth-order valence-corrected chi connectivity index (χ4v) is 2.67. The second-order valence-corrected chi connectivity index (χ2v) is 5.05. The number of benzene rings is 1. The maximum atomic E-state index is 13.6. The lowest BCUT2D eigenvalue weighted by molar-refractivity contribution is -0.105. The molecule has 0 aliphatic carbocycles. The summed E-state index contributed by atoms with van der Waals surface area (Å²) in [4.78, 5) is 14.5. The number of nitrogens with two attached hydrogens (primary N) is 1. The second kappa shape index (κ2) is 5.75. The quantitative estimate of drug-likeness (QED) is 0.840. The molecule has 20 heavy (non-hydrogen) atoms. The van der Waals surface area contributed by atoms with Gasteiger partial charge in [0.15, 0.2) is 0 Å². The molecule has 0 fully saturated rings. The van der Waals surface area contributed by atoms with E-state index >= 15 is 0 Å². The molecule has 2 rings (SSSR count). The van der Waals surface area contributed by atoms with E-state index in [-0.39, 0.29) is 22.8 Å². The number of nitrogens with zero attached hydrogens (tertiary/aromatic N) is 1. The maximum absolute atomic E-state index is 13.6. The van der Waals surface area contributed by atoms with E-state index in [1.54, 1.807) is 0 Å². The zero-order valence-corrected chi connectivity index (χ0v) is 11.3. The summed E-state index contributed by atoms with van der Waals surface area (Å²) in [5.41, 5.74) is 4.47. The number of halogens is 3. The van der Waals surface area contributed by atoms with Crippen molar-refractivity contribution in [1.29, 1.82) is 0 Å². The summed E-state index contributed by atoms with van der Waals surface area (Å²) in [5, 5.41) is 2.60. The van der Waals surface area contributed by atoms with Gasteiger partial charge >= 0.3 is 0 Å². The van der Waals surface area contributed by atoms with Crippen molar-refractivity contribution in [3.8, 4) is 0 Å². The Bertz CT molecular complexity index is 550. The molecule has 7 heteroatoms. The minimum Gasteiger partial charge on any atom is -0.387 e. The largest absolute Gasteiger partial charge is 0.387 e. The lowest BCUT2D eigenvalue weighted by Crippen LogP contribution is -2.38.